The first-order valence-corrected chi connectivity index (χ1v) is 11.9. The number of nitrogens with zero attached hydrogens (tertiary/aromatic N) is 5. The Morgan fingerprint density at radius 1 is 1.06 bits per heavy atom. The zero-order valence-electron chi connectivity index (χ0n) is 19.7. The summed E-state index contributed by atoms with van der Waals surface area (Å²) in [6.45, 7) is 4.90. The van der Waals surface area contributed by atoms with Crippen LogP contribution in [-0.2, 0) is 4.74 Å². The Labute approximate surface area is 210 Å². The molecule has 0 aliphatic carbocycles. The van der Waals surface area contributed by atoms with Gasteiger partial charge in [-0.15, -0.1) is 12.4 Å². The average molecular weight is 501 g/mol. The van der Waals surface area contributed by atoms with Crippen LogP contribution in [0.25, 0.3) is 11.4 Å². The Balaban J connectivity index is 0.00000289. The lowest BCUT2D eigenvalue weighted by atomic mass is 10.1. The third-order valence-electron chi connectivity index (χ3n) is 6.56. The molecule has 0 radical (unpaired) electrons. The van der Waals surface area contributed by atoms with E-state index >= 15 is 0 Å². The van der Waals surface area contributed by atoms with E-state index in [1.807, 2.05) is 24.0 Å². The van der Waals surface area contributed by atoms with Crippen LogP contribution in [0.3, 0.4) is 0 Å². The molecule has 10 heteroatoms. The molecule has 8 nitrogen and oxygen atoms in total. The second-order valence-corrected chi connectivity index (χ2v) is 8.85. The molecule has 1 amide bonds. The van der Waals surface area contributed by atoms with E-state index in [1.54, 1.807) is 18.3 Å². The Morgan fingerprint density at radius 3 is 2.49 bits per heavy atom. The van der Waals surface area contributed by atoms with Crippen molar-refractivity contribution in [1.29, 1.82) is 0 Å². The zero-order valence-corrected chi connectivity index (χ0v) is 20.6. The number of aromatic nitrogens is 4. The molecule has 2 fully saturated rings. The number of nitrogens with one attached hydrogen (secondary N) is 1. The summed E-state index contributed by atoms with van der Waals surface area (Å²) in [5.74, 6) is 0.664. The number of carbonyl (C=O) groups excluding carboxylic acids is 1. The maximum atomic E-state index is 14.8. The maximum absolute atomic E-state index is 14.8. The summed E-state index contributed by atoms with van der Waals surface area (Å²) in [4.78, 5) is 27.6. The predicted molar refractivity (Wildman–Crippen MR) is 134 cm³/mol. The van der Waals surface area contributed by atoms with E-state index in [-0.39, 0.29) is 36.0 Å². The van der Waals surface area contributed by atoms with Crippen molar-refractivity contribution in [3.05, 3.63) is 53.9 Å². The largest absolute Gasteiger partial charge is 0.381 e. The third-order valence-corrected chi connectivity index (χ3v) is 6.56. The molecule has 2 aromatic heterocycles. The molecule has 1 aromatic carbocycles. The molecule has 5 rings (SSSR count). The first-order valence-electron chi connectivity index (χ1n) is 11.9. The molecule has 0 unspecified atom stereocenters. The average Bonchev–Trinajstić information content (AvgIpc) is 3.27. The first kappa shape index (κ1) is 25.1. The number of carbonyl (C=O) groups is 1. The van der Waals surface area contributed by atoms with Crippen molar-refractivity contribution < 1.29 is 13.9 Å². The Hall–Kier alpha value is -3.04. The molecule has 2 aliphatic rings. The van der Waals surface area contributed by atoms with E-state index in [1.165, 1.54) is 12.6 Å². The van der Waals surface area contributed by atoms with E-state index in [2.05, 4.69) is 24.8 Å². The van der Waals surface area contributed by atoms with Gasteiger partial charge in [-0.3, -0.25) is 4.79 Å². The minimum atomic E-state index is -0.499. The summed E-state index contributed by atoms with van der Waals surface area (Å²) in [6, 6.07) is 7.43. The Kier molecular flexibility index (Phi) is 7.97. The van der Waals surface area contributed by atoms with Crippen LogP contribution in [0.15, 0.2) is 36.7 Å². The molecule has 4 heterocycles. The van der Waals surface area contributed by atoms with Gasteiger partial charge in [0.25, 0.3) is 5.91 Å². The van der Waals surface area contributed by atoms with Gasteiger partial charge in [0, 0.05) is 43.6 Å². The van der Waals surface area contributed by atoms with Crippen molar-refractivity contribution in [3.8, 4) is 11.4 Å². The maximum Gasteiger partial charge on any atom is 0.253 e. The molecule has 2 aliphatic heterocycles. The van der Waals surface area contributed by atoms with Gasteiger partial charge < -0.3 is 19.5 Å². The molecular weight excluding hydrogens is 471 g/mol. The summed E-state index contributed by atoms with van der Waals surface area (Å²) < 4.78 is 22.3. The van der Waals surface area contributed by atoms with Crippen LogP contribution in [0.1, 0.15) is 54.3 Å². The number of rotatable bonds is 5. The molecule has 0 saturated carbocycles. The van der Waals surface area contributed by atoms with Gasteiger partial charge in [-0.1, -0.05) is 0 Å². The van der Waals surface area contributed by atoms with Crippen molar-refractivity contribution in [2.24, 2.45) is 0 Å². The number of aryl methyl sites for hydroxylation is 1. The normalized spacial score (nSPS) is 16.6. The number of hydrogen-bond donors (Lipinski definition) is 1. The lowest BCUT2D eigenvalue weighted by molar-refractivity contribution is 0.0694. The standard InChI is InChI=1S/C25H29FN6O2.ClH/c1-17-27-16-22(32(17)20-9-13-34-14-10-20)23-21(26)15-28-25(30-23)29-19-7-5-18(6-8-19)24(33)31-11-3-2-4-12-31;/h5-8,15-16,20H,2-4,9-14H2,1H3,(H,28,29,30);1H. The number of benzene rings is 1. The lowest BCUT2D eigenvalue weighted by Gasteiger charge is -2.26. The highest BCUT2D eigenvalue weighted by Gasteiger charge is 2.24. The fourth-order valence-electron chi connectivity index (χ4n) is 4.74. The molecule has 0 bridgehead atoms. The highest BCUT2D eigenvalue weighted by atomic mass is 35.5. The van der Waals surface area contributed by atoms with Gasteiger partial charge in [-0.25, -0.2) is 19.3 Å². The SMILES string of the molecule is Cc1ncc(-c2nc(Nc3ccc(C(=O)N4CCCCC4)cc3)ncc2F)n1C1CCOCC1.Cl. The zero-order chi connectivity index (χ0) is 23.5. The van der Waals surface area contributed by atoms with E-state index in [4.69, 9.17) is 4.74 Å². The second-order valence-electron chi connectivity index (χ2n) is 8.85. The van der Waals surface area contributed by atoms with Crippen LogP contribution in [0.5, 0.6) is 0 Å². The van der Waals surface area contributed by atoms with E-state index in [0.29, 0.717) is 24.5 Å². The molecule has 186 valence electrons. The summed E-state index contributed by atoms with van der Waals surface area (Å²) in [5.41, 5.74) is 2.22. The van der Waals surface area contributed by atoms with Gasteiger partial charge >= 0.3 is 0 Å². The van der Waals surface area contributed by atoms with Crippen LogP contribution in [0, 0.1) is 12.7 Å². The molecule has 3 aromatic rings. The number of ether oxygens (including phenoxy) is 1. The monoisotopic (exact) mass is 500 g/mol. The number of imidazole rings is 1. The van der Waals surface area contributed by atoms with Crippen molar-refractivity contribution >= 4 is 29.9 Å². The lowest BCUT2D eigenvalue weighted by Crippen LogP contribution is -2.35. The topological polar surface area (TPSA) is 85.2 Å². The van der Waals surface area contributed by atoms with Gasteiger partial charge in [-0.2, -0.15) is 0 Å². The summed E-state index contributed by atoms with van der Waals surface area (Å²) in [7, 11) is 0. The molecule has 0 atom stereocenters. The first-order chi connectivity index (χ1) is 16.6. The number of piperidine rings is 1. The molecule has 1 N–H and O–H groups in total. The summed E-state index contributed by atoms with van der Waals surface area (Å²) >= 11 is 0. The Bertz CT molecular complexity index is 1160. The third kappa shape index (κ3) is 5.46. The highest BCUT2D eigenvalue weighted by molar-refractivity contribution is 5.94. The fourth-order valence-corrected chi connectivity index (χ4v) is 4.74. The van der Waals surface area contributed by atoms with Gasteiger partial charge in [0.15, 0.2) is 5.82 Å². The van der Waals surface area contributed by atoms with Gasteiger partial charge in [0.1, 0.15) is 11.5 Å². The molecular formula is C25H30ClFN6O2. The van der Waals surface area contributed by atoms with Crippen LogP contribution >= 0.6 is 12.4 Å². The molecule has 2 saturated heterocycles. The van der Waals surface area contributed by atoms with Crippen molar-refractivity contribution in [3.63, 3.8) is 0 Å². The molecule has 35 heavy (non-hydrogen) atoms. The molecule has 0 spiro atoms. The van der Waals surface area contributed by atoms with Crippen LogP contribution in [-0.4, -0.2) is 56.6 Å². The smallest absolute Gasteiger partial charge is 0.253 e. The fraction of sp³-hybridized carbons (Fsp3) is 0.440. The Morgan fingerprint density at radius 2 is 1.77 bits per heavy atom. The minimum absolute atomic E-state index is 0. The minimum Gasteiger partial charge on any atom is -0.381 e. The van der Waals surface area contributed by atoms with Crippen molar-refractivity contribution in [1.82, 2.24) is 24.4 Å². The van der Waals surface area contributed by atoms with Gasteiger partial charge in [0.05, 0.1) is 18.1 Å². The van der Waals surface area contributed by atoms with Gasteiger partial charge in [0.2, 0.25) is 5.95 Å². The van der Waals surface area contributed by atoms with Crippen LogP contribution in [0.4, 0.5) is 16.0 Å². The van der Waals surface area contributed by atoms with Crippen LogP contribution < -0.4 is 5.32 Å². The van der Waals surface area contributed by atoms with Gasteiger partial charge in [-0.05, 0) is 63.3 Å². The van der Waals surface area contributed by atoms with Crippen LogP contribution in [0.2, 0.25) is 0 Å². The summed E-state index contributed by atoms with van der Waals surface area (Å²) in [6.07, 6.45) is 7.85. The van der Waals surface area contributed by atoms with Crippen molar-refractivity contribution in [2.75, 3.05) is 31.6 Å². The van der Waals surface area contributed by atoms with E-state index in [9.17, 15) is 9.18 Å². The number of anilines is 2. The van der Waals surface area contributed by atoms with Crippen molar-refractivity contribution in [2.45, 2.75) is 45.1 Å². The quantitative estimate of drug-likeness (QED) is 0.534. The van der Waals surface area contributed by atoms with E-state index in [0.717, 1.165) is 50.3 Å². The van der Waals surface area contributed by atoms with E-state index < -0.39 is 5.82 Å². The number of halogens is 2. The number of likely N-dealkylation sites (tertiary alicyclic amines) is 1. The second kappa shape index (κ2) is 11.1. The predicted octanol–water partition coefficient (Wildman–Crippen LogP) is 4.93. The highest BCUT2D eigenvalue weighted by Crippen LogP contribution is 2.31. The number of hydrogen-bond acceptors (Lipinski definition) is 6. The summed E-state index contributed by atoms with van der Waals surface area (Å²) in [5, 5.41) is 3.13. The number of amides is 1.